The van der Waals surface area contributed by atoms with Gasteiger partial charge in [-0.25, -0.2) is 0 Å². The monoisotopic (exact) mass is 403 g/mol. The molecule has 1 aliphatic heterocycles. The van der Waals surface area contributed by atoms with Crippen LogP contribution in [0.2, 0.25) is 5.02 Å². The molecule has 1 amide bonds. The van der Waals surface area contributed by atoms with Crippen LogP contribution in [0.15, 0.2) is 48.5 Å². The summed E-state index contributed by atoms with van der Waals surface area (Å²) in [5, 5.41) is 14.5. The van der Waals surface area contributed by atoms with Crippen LogP contribution in [0.5, 0.6) is 5.75 Å². The van der Waals surface area contributed by atoms with E-state index in [1.807, 2.05) is 24.3 Å². The largest absolute Gasteiger partial charge is 0.484 e. The number of nitrogens with one attached hydrogen (secondary N) is 1. The van der Waals surface area contributed by atoms with Gasteiger partial charge in [-0.15, -0.1) is 0 Å². The first kappa shape index (κ1) is 20.1. The second-order valence-electron chi connectivity index (χ2n) is 6.79. The maximum absolute atomic E-state index is 12.1. The molecule has 7 nitrogen and oxygen atoms in total. The first-order valence-corrected chi connectivity index (χ1v) is 9.51. The molecular weight excluding hydrogens is 382 g/mol. The number of carbonyl (C=O) groups is 1. The van der Waals surface area contributed by atoms with E-state index in [4.69, 9.17) is 16.3 Å². The number of nitro groups is 1. The number of benzene rings is 2. The van der Waals surface area contributed by atoms with E-state index in [1.54, 1.807) is 6.07 Å². The van der Waals surface area contributed by atoms with Crippen molar-refractivity contribution >= 4 is 23.2 Å². The van der Waals surface area contributed by atoms with Gasteiger partial charge in [0.1, 0.15) is 5.75 Å². The number of rotatable bonds is 7. The van der Waals surface area contributed by atoms with Gasteiger partial charge in [-0.05, 0) is 36.6 Å². The van der Waals surface area contributed by atoms with E-state index in [0.29, 0.717) is 5.75 Å². The summed E-state index contributed by atoms with van der Waals surface area (Å²) in [4.78, 5) is 24.7. The molecule has 2 aromatic rings. The minimum atomic E-state index is -0.495. The number of nitro benzene ring substituents is 1. The molecular formula is C20H22ClN3O4. The van der Waals surface area contributed by atoms with Gasteiger partial charge in [0.25, 0.3) is 11.6 Å². The van der Waals surface area contributed by atoms with Crippen LogP contribution in [-0.4, -0.2) is 41.5 Å². The smallest absolute Gasteiger partial charge is 0.273 e. The zero-order chi connectivity index (χ0) is 19.9. The molecule has 28 heavy (non-hydrogen) atoms. The third kappa shape index (κ3) is 5.94. The summed E-state index contributed by atoms with van der Waals surface area (Å²) < 4.78 is 5.37. The van der Waals surface area contributed by atoms with Gasteiger partial charge in [0, 0.05) is 36.8 Å². The summed E-state index contributed by atoms with van der Waals surface area (Å²) in [6, 6.07) is 13.8. The lowest BCUT2D eigenvalue weighted by atomic mass is 10.0. The fourth-order valence-electron chi connectivity index (χ4n) is 3.19. The molecule has 0 radical (unpaired) electrons. The van der Waals surface area contributed by atoms with Crippen molar-refractivity contribution in [2.45, 2.75) is 25.4 Å². The lowest BCUT2D eigenvalue weighted by Gasteiger charge is -2.32. The number of hydrogen-bond donors (Lipinski definition) is 1. The third-order valence-electron chi connectivity index (χ3n) is 4.67. The number of carbonyl (C=O) groups excluding carboxylic acids is 1. The maximum Gasteiger partial charge on any atom is 0.273 e. The van der Waals surface area contributed by atoms with E-state index in [2.05, 4.69) is 10.2 Å². The average Bonchev–Trinajstić information content (AvgIpc) is 2.70. The molecule has 148 valence electrons. The molecule has 8 heteroatoms. The van der Waals surface area contributed by atoms with Crippen LogP contribution in [-0.2, 0) is 11.3 Å². The molecule has 1 saturated heterocycles. The van der Waals surface area contributed by atoms with Crippen molar-refractivity contribution in [1.82, 2.24) is 10.2 Å². The van der Waals surface area contributed by atoms with Gasteiger partial charge in [0.15, 0.2) is 6.61 Å². The number of ether oxygens (including phenoxy) is 1. The van der Waals surface area contributed by atoms with Crippen molar-refractivity contribution in [3.8, 4) is 5.75 Å². The van der Waals surface area contributed by atoms with E-state index < -0.39 is 4.92 Å². The van der Waals surface area contributed by atoms with Crippen LogP contribution in [0.4, 0.5) is 5.69 Å². The van der Waals surface area contributed by atoms with Crippen LogP contribution < -0.4 is 10.1 Å². The minimum absolute atomic E-state index is 0.0639. The third-order valence-corrected chi connectivity index (χ3v) is 4.92. The topological polar surface area (TPSA) is 84.7 Å². The predicted octanol–water partition coefficient (Wildman–Crippen LogP) is 3.41. The summed E-state index contributed by atoms with van der Waals surface area (Å²) in [6.07, 6.45) is 1.74. The van der Waals surface area contributed by atoms with E-state index >= 15 is 0 Å². The Morgan fingerprint density at radius 2 is 1.93 bits per heavy atom. The van der Waals surface area contributed by atoms with Crippen molar-refractivity contribution in [1.29, 1.82) is 0 Å². The summed E-state index contributed by atoms with van der Waals surface area (Å²) in [6.45, 7) is 2.51. The molecule has 1 N–H and O–H groups in total. The molecule has 0 saturated carbocycles. The van der Waals surface area contributed by atoms with Crippen molar-refractivity contribution in [3.05, 3.63) is 69.2 Å². The number of likely N-dealkylation sites (tertiary alicyclic amines) is 1. The Morgan fingerprint density at radius 3 is 2.61 bits per heavy atom. The first-order valence-electron chi connectivity index (χ1n) is 9.13. The molecule has 1 fully saturated rings. The number of piperidine rings is 1. The van der Waals surface area contributed by atoms with E-state index in [-0.39, 0.29) is 24.2 Å². The van der Waals surface area contributed by atoms with Gasteiger partial charge in [-0.2, -0.15) is 0 Å². The number of nitrogens with zero attached hydrogens (tertiary/aromatic N) is 2. The van der Waals surface area contributed by atoms with Gasteiger partial charge in [-0.1, -0.05) is 29.8 Å². The lowest BCUT2D eigenvalue weighted by Crippen LogP contribution is -2.45. The highest BCUT2D eigenvalue weighted by Gasteiger charge is 2.21. The Labute approximate surface area is 168 Å². The Bertz CT molecular complexity index is 820. The maximum atomic E-state index is 12.1. The summed E-state index contributed by atoms with van der Waals surface area (Å²) >= 11 is 5.91. The normalized spacial score (nSPS) is 15.2. The second kappa shape index (κ2) is 9.52. The van der Waals surface area contributed by atoms with Crippen LogP contribution in [0.3, 0.4) is 0 Å². The molecule has 0 spiro atoms. The van der Waals surface area contributed by atoms with E-state index in [0.717, 1.165) is 37.5 Å². The van der Waals surface area contributed by atoms with Crippen molar-refractivity contribution in [3.63, 3.8) is 0 Å². The van der Waals surface area contributed by atoms with Crippen LogP contribution in [0.1, 0.15) is 18.4 Å². The zero-order valence-corrected chi connectivity index (χ0v) is 16.1. The lowest BCUT2D eigenvalue weighted by molar-refractivity contribution is -0.384. The summed E-state index contributed by atoms with van der Waals surface area (Å²) in [5.41, 5.74) is 1.16. The van der Waals surface area contributed by atoms with Crippen molar-refractivity contribution < 1.29 is 14.5 Å². The van der Waals surface area contributed by atoms with Crippen LogP contribution >= 0.6 is 11.6 Å². The Balaban J connectivity index is 1.39. The summed E-state index contributed by atoms with van der Waals surface area (Å²) in [7, 11) is 0. The van der Waals surface area contributed by atoms with E-state index in [9.17, 15) is 14.9 Å². The Morgan fingerprint density at radius 1 is 1.21 bits per heavy atom. The van der Waals surface area contributed by atoms with Crippen molar-refractivity contribution in [2.24, 2.45) is 0 Å². The van der Waals surface area contributed by atoms with E-state index in [1.165, 1.54) is 23.8 Å². The van der Waals surface area contributed by atoms with Gasteiger partial charge in [-0.3, -0.25) is 19.8 Å². The van der Waals surface area contributed by atoms with Gasteiger partial charge in [0.05, 0.1) is 11.0 Å². The van der Waals surface area contributed by atoms with Gasteiger partial charge < -0.3 is 10.1 Å². The first-order chi connectivity index (χ1) is 13.5. The molecule has 2 aromatic carbocycles. The summed E-state index contributed by atoms with van der Waals surface area (Å²) in [5.74, 6) is 0.0878. The highest BCUT2D eigenvalue weighted by atomic mass is 35.5. The van der Waals surface area contributed by atoms with Gasteiger partial charge >= 0.3 is 0 Å². The highest BCUT2D eigenvalue weighted by molar-refractivity contribution is 6.30. The van der Waals surface area contributed by atoms with Crippen molar-refractivity contribution in [2.75, 3.05) is 19.7 Å². The number of non-ortho nitro benzene ring substituents is 1. The SMILES string of the molecule is O=C(COc1cccc([N+](=O)[O-])c1)NC1CCN(Cc2ccc(Cl)cc2)CC1. The van der Waals surface area contributed by atoms with Gasteiger partial charge in [0.2, 0.25) is 0 Å². The average molecular weight is 404 g/mol. The molecule has 3 rings (SSSR count). The quantitative estimate of drug-likeness (QED) is 0.565. The number of hydrogen-bond acceptors (Lipinski definition) is 5. The molecule has 0 atom stereocenters. The molecule has 0 unspecified atom stereocenters. The van der Waals surface area contributed by atoms with Crippen LogP contribution in [0.25, 0.3) is 0 Å². The minimum Gasteiger partial charge on any atom is -0.484 e. The zero-order valence-electron chi connectivity index (χ0n) is 15.3. The predicted molar refractivity (Wildman–Crippen MR) is 106 cm³/mol. The molecule has 0 aliphatic carbocycles. The second-order valence-corrected chi connectivity index (χ2v) is 7.22. The molecule has 1 aliphatic rings. The number of halogens is 1. The number of amides is 1. The fourth-order valence-corrected chi connectivity index (χ4v) is 3.31. The standard InChI is InChI=1S/C20H22ClN3O4/c21-16-6-4-15(5-7-16)13-23-10-8-17(9-11-23)22-20(25)14-28-19-3-1-2-18(12-19)24(26)27/h1-7,12,17H,8-11,13-14H2,(H,22,25). The molecule has 1 heterocycles. The highest BCUT2D eigenvalue weighted by Crippen LogP contribution is 2.19. The molecule has 0 aromatic heterocycles. The molecule has 0 bridgehead atoms. The Hall–Kier alpha value is -2.64. The van der Waals surface area contributed by atoms with Crippen LogP contribution in [0, 0.1) is 10.1 Å². The fraction of sp³-hybridized carbons (Fsp3) is 0.350. The Kier molecular flexibility index (Phi) is 6.84.